The lowest BCUT2D eigenvalue weighted by atomic mass is 9.64. The Morgan fingerprint density at radius 2 is 1.09 bits per heavy atom. The monoisotopic (exact) mass is 330 g/mol. The first-order chi connectivity index (χ1) is 11.0. The molecule has 3 saturated carbocycles. The van der Waals surface area contributed by atoms with Gasteiger partial charge in [0.05, 0.1) is 0 Å². The van der Waals surface area contributed by atoms with E-state index in [4.69, 9.17) is 0 Å². The maximum Gasteiger partial charge on any atom is 0.103 e. The molecule has 0 nitrogen and oxygen atoms in total. The molecule has 0 N–H and O–H groups in total. The first-order valence-electron chi connectivity index (χ1n) is 9.88. The van der Waals surface area contributed by atoms with E-state index < -0.39 is 18.5 Å². The highest BCUT2D eigenvalue weighted by atomic mass is 19.1. The summed E-state index contributed by atoms with van der Waals surface area (Å²) in [5.74, 6) is 1.14. The molecule has 0 heterocycles. The minimum absolute atomic E-state index is 0.0255. The van der Waals surface area contributed by atoms with Crippen molar-refractivity contribution in [3.8, 4) is 0 Å². The van der Waals surface area contributed by atoms with Crippen molar-refractivity contribution in [3.63, 3.8) is 0 Å². The zero-order chi connectivity index (χ0) is 16.6. The van der Waals surface area contributed by atoms with Gasteiger partial charge in [0.1, 0.15) is 18.5 Å². The van der Waals surface area contributed by atoms with Crippen molar-refractivity contribution in [2.75, 3.05) is 0 Å². The highest BCUT2D eigenvalue weighted by Crippen LogP contribution is 2.47. The van der Waals surface area contributed by atoms with Crippen molar-refractivity contribution >= 4 is 0 Å². The summed E-state index contributed by atoms with van der Waals surface area (Å²) >= 11 is 0. The Balaban J connectivity index is 1.55. The van der Waals surface area contributed by atoms with Gasteiger partial charge in [-0.2, -0.15) is 0 Å². The average Bonchev–Trinajstić information content (AvgIpc) is 2.50. The van der Waals surface area contributed by atoms with Crippen LogP contribution in [-0.4, -0.2) is 18.5 Å². The fourth-order valence-corrected chi connectivity index (χ4v) is 5.64. The largest absolute Gasteiger partial charge is 0.247 e. The van der Waals surface area contributed by atoms with Gasteiger partial charge in [-0.15, -0.1) is 0 Å². The van der Waals surface area contributed by atoms with Crippen LogP contribution in [0.5, 0.6) is 0 Å². The van der Waals surface area contributed by atoms with E-state index >= 15 is 0 Å². The van der Waals surface area contributed by atoms with E-state index in [1.54, 1.807) is 0 Å². The van der Waals surface area contributed by atoms with E-state index in [1.807, 2.05) is 6.92 Å². The Morgan fingerprint density at radius 3 is 1.65 bits per heavy atom. The standard InChI is InChI=1S/C20H33F3/c1-12-3-7-16(19(22)9-12)15-6-8-17(20(23)11-15)14-5-4-13(2)18(21)10-14/h12-20H,3-11H2,1-2H3/t12-,13?,14?,15?,16?,17?,18?,19?,20?/m1/s1. The fraction of sp³-hybridized carbons (Fsp3) is 1.00. The third-order valence-electron chi connectivity index (χ3n) is 7.30. The molecule has 3 fully saturated rings. The average molecular weight is 330 g/mol. The molecule has 0 aromatic heterocycles. The molecule has 0 aliphatic heterocycles. The molecule has 3 aliphatic rings. The summed E-state index contributed by atoms with van der Waals surface area (Å²) in [6.07, 6.45) is 5.07. The number of hydrogen-bond donors (Lipinski definition) is 0. The SMILES string of the molecule is CC1CCC(C2CCC(C3CC[C@@H](C)CC3F)CC2F)CC1F. The predicted octanol–water partition coefficient (Wildman–Crippen LogP) is 6.29. The van der Waals surface area contributed by atoms with Crippen LogP contribution in [0.2, 0.25) is 0 Å². The summed E-state index contributed by atoms with van der Waals surface area (Å²) in [7, 11) is 0. The van der Waals surface area contributed by atoms with Crippen molar-refractivity contribution < 1.29 is 13.2 Å². The lowest BCUT2D eigenvalue weighted by Crippen LogP contribution is -2.40. The fourth-order valence-electron chi connectivity index (χ4n) is 5.64. The molecule has 0 aromatic rings. The van der Waals surface area contributed by atoms with Gasteiger partial charge in [0.2, 0.25) is 0 Å². The van der Waals surface area contributed by atoms with E-state index in [0.717, 1.165) is 38.5 Å². The van der Waals surface area contributed by atoms with Crippen molar-refractivity contribution in [2.45, 2.75) is 90.1 Å². The second kappa shape index (κ2) is 7.35. The van der Waals surface area contributed by atoms with Crippen LogP contribution in [-0.2, 0) is 0 Å². The summed E-state index contributed by atoms with van der Waals surface area (Å²) in [5.41, 5.74) is 0. The molecule has 0 spiro atoms. The quantitative estimate of drug-likeness (QED) is 0.558. The smallest absolute Gasteiger partial charge is 0.103 e. The Labute approximate surface area is 139 Å². The third kappa shape index (κ3) is 3.90. The molecule has 0 bridgehead atoms. The van der Waals surface area contributed by atoms with Gasteiger partial charge in [-0.05, 0) is 86.9 Å². The molecule has 9 atom stereocenters. The zero-order valence-electron chi connectivity index (χ0n) is 14.7. The van der Waals surface area contributed by atoms with Gasteiger partial charge in [-0.1, -0.05) is 20.3 Å². The lowest BCUT2D eigenvalue weighted by Gasteiger charge is -2.44. The highest BCUT2D eigenvalue weighted by molar-refractivity contribution is 4.92. The van der Waals surface area contributed by atoms with E-state index in [9.17, 15) is 13.2 Å². The van der Waals surface area contributed by atoms with Gasteiger partial charge in [-0.25, -0.2) is 13.2 Å². The number of hydrogen-bond acceptors (Lipinski definition) is 0. The zero-order valence-corrected chi connectivity index (χ0v) is 14.7. The predicted molar refractivity (Wildman–Crippen MR) is 88.5 cm³/mol. The van der Waals surface area contributed by atoms with Crippen LogP contribution >= 0.6 is 0 Å². The topological polar surface area (TPSA) is 0 Å². The molecular formula is C20H33F3. The Morgan fingerprint density at radius 1 is 0.565 bits per heavy atom. The van der Waals surface area contributed by atoms with Crippen molar-refractivity contribution in [1.82, 2.24) is 0 Å². The Bertz CT molecular complexity index is 385. The molecule has 3 aliphatic carbocycles. The number of halogens is 3. The maximum atomic E-state index is 14.8. The van der Waals surface area contributed by atoms with Gasteiger partial charge >= 0.3 is 0 Å². The molecule has 0 aromatic carbocycles. The van der Waals surface area contributed by atoms with Gasteiger partial charge in [0.15, 0.2) is 0 Å². The van der Waals surface area contributed by atoms with Crippen LogP contribution < -0.4 is 0 Å². The van der Waals surface area contributed by atoms with E-state index in [1.165, 1.54) is 0 Å². The van der Waals surface area contributed by atoms with Crippen molar-refractivity contribution in [2.24, 2.45) is 35.5 Å². The number of alkyl halides is 3. The van der Waals surface area contributed by atoms with Crippen LogP contribution in [0.15, 0.2) is 0 Å². The maximum absolute atomic E-state index is 14.8. The second-order valence-electron chi connectivity index (χ2n) is 8.92. The first-order valence-corrected chi connectivity index (χ1v) is 9.88. The van der Waals surface area contributed by atoms with Gasteiger partial charge < -0.3 is 0 Å². The summed E-state index contributed by atoms with van der Waals surface area (Å²) in [4.78, 5) is 0. The van der Waals surface area contributed by atoms with E-state index in [0.29, 0.717) is 25.2 Å². The minimum Gasteiger partial charge on any atom is -0.247 e. The molecule has 0 radical (unpaired) electrons. The van der Waals surface area contributed by atoms with Crippen LogP contribution in [0.1, 0.15) is 71.6 Å². The summed E-state index contributed by atoms with van der Waals surface area (Å²) in [6.45, 7) is 4.09. The molecule has 0 saturated heterocycles. The van der Waals surface area contributed by atoms with Crippen LogP contribution in [0.3, 0.4) is 0 Å². The third-order valence-corrected chi connectivity index (χ3v) is 7.30. The minimum atomic E-state index is -0.842. The molecule has 3 rings (SSSR count). The molecule has 23 heavy (non-hydrogen) atoms. The lowest BCUT2D eigenvalue weighted by molar-refractivity contribution is -0.00166. The highest BCUT2D eigenvalue weighted by Gasteiger charge is 2.43. The summed E-state index contributed by atoms with van der Waals surface area (Å²) in [5, 5.41) is 0. The van der Waals surface area contributed by atoms with Gasteiger partial charge in [0, 0.05) is 0 Å². The molecule has 8 unspecified atom stereocenters. The van der Waals surface area contributed by atoms with Gasteiger partial charge in [0.25, 0.3) is 0 Å². The first kappa shape index (κ1) is 17.6. The molecule has 134 valence electrons. The van der Waals surface area contributed by atoms with Gasteiger partial charge in [-0.3, -0.25) is 0 Å². The molecule has 3 heteroatoms. The Hall–Kier alpha value is -0.210. The molecular weight excluding hydrogens is 297 g/mol. The number of rotatable bonds is 2. The summed E-state index contributed by atoms with van der Waals surface area (Å²) in [6, 6.07) is 0. The molecule has 0 amide bonds. The Kier molecular flexibility index (Phi) is 5.63. The summed E-state index contributed by atoms with van der Waals surface area (Å²) < 4.78 is 43.2. The second-order valence-corrected chi connectivity index (χ2v) is 8.92. The van der Waals surface area contributed by atoms with Crippen LogP contribution in [0.25, 0.3) is 0 Å². The van der Waals surface area contributed by atoms with E-state index in [-0.39, 0.29) is 29.6 Å². The normalized spacial score (nSPS) is 52.3. The van der Waals surface area contributed by atoms with E-state index in [2.05, 4.69) is 6.92 Å². The van der Waals surface area contributed by atoms with Crippen LogP contribution in [0.4, 0.5) is 13.2 Å². The van der Waals surface area contributed by atoms with Crippen LogP contribution in [0, 0.1) is 35.5 Å². The van der Waals surface area contributed by atoms with Crippen molar-refractivity contribution in [3.05, 3.63) is 0 Å². The van der Waals surface area contributed by atoms with Crippen molar-refractivity contribution in [1.29, 1.82) is 0 Å².